The molecule has 1 unspecified atom stereocenters. The molecule has 0 aromatic heterocycles. The van der Waals surface area contributed by atoms with Gasteiger partial charge in [0.05, 0.1) is 31.2 Å². The summed E-state index contributed by atoms with van der Waals surface area (Å²) in [5.74, 6) is 0.0771. The third-order valence-corrected chi connectivity index (χ3v) is 5.19. The number of carbonyl (C=O) groups is 1. The van der Waals surface area contributed by atoms with Crippen LogP contribution in [0, 0.1) is 0 Å². The number of para-hydroxylation sites is 1. The van der Waals surface area contributed by atoms with E-state index >= 15 is 0 Å². The molecule has 0 saturated heterocycles. The average Bonchev–Trinajstić information content (AvgIpc) is 2.73. The van der Waals surface area contributed by atoms with Gasteiger partial charge in [-0.25, -0.2) is 9.00 Å². The van der Waals surface area contributed by atoms with E-state index in [-0.39, 0.29) is 12.4 Å². The number of aliphatic hydroxyl groups is 1. The summed E-state index contributed by atoms with van der Waals surface area (Å²) in [6.07, 6.45) is -0.723. The summed E-state index contributed by atoms with van der Waals surface area (Å²) in [4.78, 5) is 11.5. The Labute approximate surface area is 171 Å². The Hall–Kier alpha value is -1.97. The van der Waals surface area contributed by atoms with Crippen LogP contribution in [0.4, 0.5) is 0 Å². The van der Waals surface area contributed by atoms with Gasteiger partial charge in [-0.05, 0) is 29.8 Å². The Bertz CT molecular complexity index is 774. The van der Waals surface area contributed by atoms with E-state index in [0.29, 0.717) is 16.9 Å². The predicted molar refractivity (Wildman–Crippen MR) is 107 cm³/mol. The highest BCUT2D eigenvalue weighted by Crippen LogP contribution is 2.20. The van der Waals surface area contributed by atoms with Crippen molar-refractivity contribution in [3.8, 4) is 5.75 Å². The topological polar surface area (TPSA) is 96.3 Å². The van der Waals surface area contributed by atoms with E-state index in [1.807, 2.05) is 6.07 Å². The van der Waals surface area contributed by atoms with Crippen LogP contribution in [0.25, 0.3) is 0 Å². The normalized spacial score (nSPS) is 14.3. The molecule has 152 valence electrons. The lowest BCUT2D eigenvalue weighted by atomic mass is 10.1. The standard InChI is InChI=1S/C19H22ClNO6S/c1-26-19(23)15-9-7-14(8-10-15)12-21(28(24)25)17(13-22)18(11-20)27-16-5-3-2-4-6-16/h2-10,17-18,22H,11-13H2,1H3,(H,24,25)/t17-,18+/m1/s1. The van der Waals surface area contributed by atoms with Gasteiger partial charge in [0.1, 0.15) is 11.9 Å². The molecule has 0 spiro atoms. The van der Waals surface area contributed by atoms with E-state index in [0.717, 1.165) is 0 Å². The maximum Gasteiger partial charge on any atom is 0.337 e. The molecule has 0 bridgehead atoms. The molecule has 0 radical (unpaired) electrons. The molecule has 28 heavy (non-hydrogen) atoms. The maximum absolute atomic E-state index is 12.0. The fourth-order valence-electron chi connectivity index (χ4n) is 2.61. The van der Waals surface area contributed by atoms with Crippen molar-refractivity contribution in [1.29, 1.82) is 0 Å². The third-order valence-electron chi connectivity index (χ3n) is 4.08. The van der Waals surface area contributed by atoms with E-state index < -0.39 is 36.0 Å². The predicted octanol–water partition coefficient (Wildman–Crippen LogP) is 2.46. The van der Waals surface area contributed by atoms with E-state index in [9.17, 15) is 18.7 Å². The average molecular weight is 428 g/mol. The molecule has 0 heterocycles. The molecule has 0 aliphatic heterocycles. The SMILES string of the molecule is COC(=O)c1ccc(CN([C@H](CO)[C@H](CCl)Oc2ccccc2)S(=O)O)cc1. The van der Waals surface area contributed by atoms with Crippen molar-refractivity contribution in [2.24, 2.45) is 0 Å². The van der Waals surface area contributed by atoms with Gasteiger partial charge in [-0.1, -0.05) is 30.3 Å². The van der Waals surface area contributed by atoms with E-state index in [1.54, 1.807) is 48.5 Å². The zero-order valence-corrected chi connectivity index (χ0v) is 16.8. The number of nitrogens with zero attached hydrogens (tertiary/aromatic N) is 1. The second kappa shape index (κ2) is 11.1. The lowest BCUT2D eigenvalue weighted by Crippen LogP contribution is -2.49. The summed E-state index contributed by atoms with van der Waals surface area (Å²) < 4.78 is 33.4. The highest BCUT2D eigenvalue weighted by Gasteiger charge is 2.32. The van der Waals surface area contributed by atoms with Gasteiger partial charge in [0.15, 0.2) is 0 Å². The minimum atomic E-state index is -2.39. The van der Waals surface area contributed by atoms with Gasteiger partial charge in [0.25, 0.3) is 0 Å². The lowest BCUT2D eigenvalue weighted by Gasteiger charge is -2.32. The molecule has 3 atom stereocenters. The van der Waals surface area contributed by atoms with Crippen LogP contribution in [0.15, 0.2) is 54.6 Å². The van der Waals surface area contributed by atoms with Gasteiger partial charge in [-0.15, -0.1) is 11.6 Å². The number of hydrogen-bond acceptors (Lipinski definition) is 5. The van der Waals surface area contributed by atoms with Crippen molar-refractivity contribution >= 4 is 28.8 Å². The minimum Gasteiger partial charge on any atom is -0.487 e. The molecule has 2 aromatic rings. The van der Waals surface area contributed by atoms with Gasteiger partial charge >= 0.3 is 5.97 Å². The first-order chi connectivity index (χ1) is 13.5. The Morgan fingerprint density at radius 3 is 2.32 bits per heavy atom. The zero-order valence-electron chi connectivity index (χ0n) is 15.2. The van der Waals surface area contributed by atoms with Crippen LogP contribution in [0.1, 0.15) is 15.9 Å². The highest BCUT2D eigenvalue weighted by atomic mass is 35.5. The summed E-state index contributed by atoms with van der Waals surface area (Å²) >= 11 is 3.63. The Morgan fingerprint density at radius 2 is 1.82 bits per heavy atom. The van der Waals surface area contributed by atoms with Crippen LogP contribution in [0.2, 0.25) is 0 Å². The Balaban J connectivity index is 2.19. The number of alkyl halides is 1. The highest BCUT2D eigenvalue weighted by molar-refractivity contribution is 7.76. The first-order valence-corrected chi connectivity index (χ1v) is 10.0. The molecular formula is C19H22ClNO6S. The largest absolute Gasteiger partial charge is 0.487 e. The Morgan fingerprint density at radius 1 is 1.18 bits per heavy atom. The summed E-state index contributed by atoms with van der Waals surface area (Å²) in [6, 6.07) is 14.5. The van der Waals surface area contributed by atoms with E-state index in [2.05, 4.69) is 4.74 Å². The summed E-state index contributed by atoms with van der Waals surface area (Å²) in [6.45, 7) is -0.391. The fourth-order valence-corrected chi connectivity index (χ4v) is 3.58. The molecule has 2 rings (SSSR count). The summed E-state index contributed by atoms with van der Waals surface area (Å²) in [5, 5.41) is 9.86. The number of hydrogen-bond donors (Lipinski definition) is 2. The molecule has 7 nitrogen and oxygen atoms in total. The molecule has 0 aliphatic carbocycles. The van der Waals surface area contributed by atoms with Gasteiger partial charge in [0, 0.05) is 6.54 Å². The molecule has 2 N–H and O–H groups in total. The number of aliphatic hydroxyl groups excluding tert-OH is 1. The molecule has 2 aromatic carbocycles. The van der Waals surface area contributed by atoms with Crippen molar-refractivity contribution in [2.75, 3.05) is 19.6 Å². The minimum absolute atomic E-state index is 0.00903. The van der Waals surface area contributed by atoms with Crippen LogP contribution in [0.3, 0.4) is 0 Å². The number of benzene rings is 2. The number of rotatable bonds is 10. The van der Waals surface area contributed by atoms with Crippen molar-refractivity contribution in [3.63, 3.8) is 0 Å². The summed E-state index contributed by atoms with van der Waals surface area (Å²) in [7, 11) is 1.29. The van der Waals surface area contributed by atoms with Gasteiger partial charge in [-0.2, -0.15) is 4.31 Å². The van der Waals surface area contributed by atoms with Gasteiger partial charge in [-0.3, -0.25) is 4.55 Å². The number of ether oxygens (including phenoxy) is 2. The second-order valence-electron chi connectivity index (χ2n) is 5.87. The molecule has 0 amide bonds. The second-order valence-corrected chi connectivity index (χ2v) is 7.11. The molecule has 0 saturated carbocycles. The number of methoxy groups -OCH3 is 1. The molecular weight excluding hydrogens is 406 g/mol. The van der Waals surface area contributed by atoms with E-state index in [4.69, 9.17) is 16.3 Å². The van der Waals surface area contributed by atoms with Crippen molar-refractivity contribution in [2.45, 2.75) is 18.7 Å². The monoisotopic (exact) mass is 427 g/mol. The van der Waals surface area contributed by atoms with Gasteiger partial charge < -0.3 is 14.6 Å². The van der Waals surface area contributed by atoms with Crippen LogP contribution < -0.4 is 4.74 Å². The van der Waals surface area contributed by atoms with Crippen LogP contribution in [-0.2, 0) is 22.5 Å². The third kappa shape index (κ3) is 6.02. The van der Waals surface area contributed by atoms with Gasteiger partial charge in [0.2, 0.25) is 11.3 Å². The number of halogens is 1. The van der Waals surface area contributed by atoms with Crippen molar-refractivity contribution < 1.29 is 28.1 Å². The first kappa shape index (κ1) is 22.3. The van der Waals surface area contributed by atoms with Crippen LogP contribution in [0.5, 0.6) is 5.75 Å². The number of carbonyl (C=O) groups excluding carboxylic acids is 1. The van der Waals surface area contributed by atoms with Crippen molar-refractivity contribution in [3.05, 3.63) is 65.7 Å². The number of esters is 1. The van der Waals surface area contributed by atoms with Crippen LogP contribution in [-0.4, -0.2) is 55.9 Å². The fraction of sp³-hybridized carbons (Fsp3) is 0.316. The maximum atomic E-state index is 12.0. The lowest BCUT2D eigenvalue weighted by molar-refractivity contribution is 0.0600. The smallest absolute Gasteiger partial charge is 0.337 e. The Kier molecular flexibility index (Phi) is 8.88. The van der Waals surface area contributed by atoms with Crippen LogP contribution >= 0.6 is 11.6 Å². The molecule has 0 aliphatic rings. The zero-order chi connectivity index (χ0) is 20.5. The molecule has 9 heteroatoms. The quantitative estimate of drug-likeness (QED) is 0.343. The van der Waals surface area contributed by atoms with Crippen molar-refractivity contribution in [1.82, 2.24) is 4.31 Å². The first-order valence-electron chi connectivity index (χ1n) is 8.43. The summed E-state index contributed by atoms with van der Waals surface area (Å²) in [5.41, 5.74) is 1.04. The molecule has 0 fully saturated rings. The van der Waals surface area contributed by atoms with E-state index in [1.165, 1.54) is 11.4 Å².